The molecule has 0 saturated heterocycles. The Kier molecular flexibility index (Phi) is 1.72. The molecule has 0 nitrogen and oxygen atoms in total. The smallest absolute Gasteiger partial charge is 0.00555 e. The molecule has 0 atom stereocenters. The minimum Gasteiger partial charge on any atom is -0.0788 e. The summed E-state index contributed by atoms with van der Waals surface area (Å²) in [6.45, 7) is 4.42. The normalized spacial score (nSPS) is 23.0. The van der Waals surface area contributed by atoms with Gasteiger partial charge in [-0.25, -0.2) is 0 Å². The summed E-state index contributed by atoms with van der Waals surface area (Å²) >= 11 is 0. The van der Waals surface area contributed by atoms with Crippen molar-refractivity contribution in [3.63, 3.8) is 0 Å². The summed E-state index contributed by atoms with van der Waals surface area (Å²) in [6.07, 6.45) is 6.31. The maximum absolute atomic E-state index is 2.31. The molecule has 0 unspecified atom stereocenters. The molecule has 0 heterocycles. The van der Waals surface area contributed by atoms with Gasteiger partial charge in [-0.05, 0) is 32.1 Å². The average Bonchev–Trinajstić information content (AvgIpc) is 1.64. The van der Waals surface area contributed by atoms with Gasteiger partial charge in [-0.15, -0.1) is 0 Å². The summed E-state index contributed by atoms with van der Waals surface area (Å²) in [6, 6.07) is 0. The van der Waals surface area contributed by atoms with E-state index in [0.717, 1.165) is 0 Å². The molecule has 0 fully saturated rings. The largest absolute Gasteiger partial charge is 0.0788 e. The van der Waals surface area contributed by atoms with Crippen LogP contribution in [-0.2, 0) is 0 Å². The van der Waals surface area contributed by atoms with Crippen molar-refractivity contribution in [2.45, 2.75) is 33.1 Å². The molecule has 1 rings (SSSR count). The first-order valence-electron chi connectivity index (χ1n) is 3.28. The second-order valence-corrected chi connectivity index (χ2v) is 2.69. The second kappa shape index (κ2) is 2.34. The Morgan fingerprint density at radius 3 is 2.38 bits per heavy atom. The lowest BCUT2D eigenvalue weighted by atomic mass is 9.93. The van der Waals surface area contributed by atoms with Crippen LogP contribution in [0.2, 0.25) is 0 Å². The first-order valence-corrected chi connectivity index (χ1v) is 3.28. The van der Waals surface area contributed by atoms with E-state index in [9.17, 15) is 0 Å². The standard InChI is InChI=1S/C8H13/c1-7-4-3-5-8(2)6-7/h6H,3-5H2,1-2H3. The Morgan fingerprint density at radius 1 is 1.25 bits per heavy atom. The Morgan fingerprint density at radius 2 is 2.00 bits per heavy atom. The van der Waals surface area contributed by atoms with Crippen molar-refractivity contribution < 1.29 is 0 Å². The fraction of sp³-hybridized carbons (Fsp3) is 0.625. The van der Waals surface area contributed by atoms with E-state index in [0.29, 0.717) is 0 Å². The summed E-state index contributed by atoms with van der Waals surface area (Å²) in [5, 5.41) is 0. The molecule has 0 spiro atoms. The third-order valence-corrected chi connectivity index (χ3v) is 1.64. The van der Waals surface area contributed by atoms with Crippen LogP contribution in [0.15, 0.2) is 11.6 Å². The van der Waals surface area contributed by atoms with Crippen LogP contribution in [0.3, 0.4) is 0 Å². The third kappa shape index (κ3) is 1.36. The van der Waals surface area contributed by atoms with E-state index in [-0.39, 0.29) is 0 Å². The number of allylic oxidation sites excluding steroid dienone is 2. The lowest BCUT2D eigenvalue weighted by Crippen LogP contribution is -1.95. The maximum atomic E-state index is 2.31. The van der Waals surface area contributed by atoms with Crippen LogP contribution >= 0.6 is 0 Å². The van der Waals surface area contributed by atoms with Crippen LogP contribution in [-0.4, -0.2) is 0 Å². The predicted octanol–water partition coefficient (Wildman–Crippen LogP) is 2.71. The monoisotopic (exact) mass is 109 g/mol. The number of rotatable bonds is 0. The van der Waals surface area contributed by atoms with Crippen molar-refractivity contribution in [1.29, 1.82) is 0 Å². The molecule has 0 heteroatoms. The zero-order chi connectivity index (χ0) is 5.98. The molecule has 0 aromatic heterocycles. The van der Waals surface area contributed by atoms with Gasteiger partial charge >= 0.3 is 0 Å². The fourth-order valence-electron chi connectivity index (χ4n) is 1.21. The maximum Gasteiger partial charge on any atom is -0.00555 e. The van der Waals surface area contributed by atoms with Crippen LogP contribution in [0.1, 0.15) is 33.1 Å². The van der Waals surface area contributed by atoms with Gasteiger partial charge < -0.3 is 0 Å². The molecule has 45 valence electrons. The molecule has 1 aliphatic carbocycles. The SMILES string of the molecule is C[C]1C=C(C)CCC1. The molecule has 0 saturated carbocycles. The molecule has 0 aromatic carbocycles. The minimum atomic E-state index is 1.32. The number of hydrogen-bond donors (Lipinski definition) is 0. The molecule has 1 aliphatic rings. The second-order valence-electron chi connectivity index (χ2n) is 2.69. The summed E-state index contributed by atoms with van der Waals surface area (Å²) in [7, 11) is 0. The van der Waals surface area contributed by atoms with Crippen molar-refractivity contribution in [1.82, 2.24) is 0 Å². The highest BCUT2D eigenvalue weighted by atomic mass is 14.1. The van der Waals surface area contributed by atoms with E-state index in [4.69, 9.17) is 0 Å². The Balaban J connectivity index is 2.50. The van der Waals surface area contributed by atoms with Gasteiger partial charge in [-0.3, -0.25) is 0 Å². The van der Waals surface area contributed by atoms with Crippen LogP contribution in [0, 0.1) is 5.92 Å². The van der Waals surface area contributed by atoms with Crippen LogP contribution < -0.4 is 0 Å². The van der Waals surface area contributed by atoms with Crippen molar-refractivity contribution in [2.75, 3.05) is 0 Å². The van der Waals surface area contributed by atoms with Gasteiger partial charge in [0.05, 0.1) is 0 Å². The van der Waals surface area contributed by atoms with Gasteiger partial charge in [0.15, 0.2) is 0 Å². The van der Waals surface area contributed by atoms with Gasteiger partial charge in [0.25, 0.3) is 0 Å². The molecular weight excluding hydrogens is 96.1 g/mol. The zero-order valence-corrected chi connectivity index (χ0v) is 5.70. The van der Waals surface area contributed by atoms with E-state index >= 15 is 0 Å². The molecule has 0 amide bonds. The quantitative estimate of drug-likeness (QED) is 0.448. The summed E-state index contributed by atoms with van der Waals surface area (Å²) in [4.78, 5) is 0. The highest BCUT2D eigenvalue weighted by molar-refractivity contribution is 5.17. The summed E-state index contributed by atoms with van der Waals surface area (Å²) < 4.78 is 0. The van der Waals surface area contributed by atoms with E-state index < -0.39 is 0 Å². The topological polar surface area (TPSA) is 0 Å². The van der Waals surface area contributed by atoms with Gasteiger partial charge in [-0.1, -0.05) is 18.6 Å². The van der Waals surface area contributed by atoms with Gasteiger partial charge in [0.1, 0.15) is 0 Å². The summed E-state index contributed by atoms with van der Waals surface area (Å²) in [5.41, 5.74) is 1.55. The Bertz CT molecular complexity index is 101. The van der Waals surface area contributed by atoms with Crippen LogP contribution in [0.4, 0.5) is 0 Å². The van der Waals surface area contributed by atoms with E-state index in [1.165, 1.54) is 19.3 Å². The van der Waals surface area contributed by atoms with E-state index in [2.05, 4.69) is 19.9 Å². The molecule has 0 aliphatic heterocycles. The van der Waals surface area contributed by atoms with Crippen molar-refractivity contribution in [3.05, 3.63) is 17.6 Å². The first kappa shape index (κ1) is 5.87. The molecule has 0 aromatic rings. The van der Waals surface area contributed by atoms with Crippen molar-refractivity contribution in [3.8, 4) is 0 Å². The van der Waals surface area contributed by atoms with Gasteiger partial charge in [0.2, 0.25) is 0 Å². The lowest BCUT2D eigenvalue weighted by molar-refractivity contribution is 0.727. The molecule has 0 bridgehead atoms. The van der Waals surface area contributed by atoms with Gasteiger partial charge in [0, 0.05) is 0 Å². The molecular formula is C8H13. The highest BCUT2D eigenvalue weighted by Crippen LogP contribution is 2.22. The predicted molar refractivity (Wildman–Crippen MR) is 36.5 cm³/mol. The lowest BCUT2D eigenvalue weighted by Gasteiger charge is -2.13. The Labute approximate surface area is 51.6 Å². The zero-order valence-electron chi connectivity index (χ0n) is 5.70. The van der Waals surface area contributed by atoms with Gasteiger partial charge in [-0.2, -0.15) is 0 Å². The first-order chi connectivity index (χ1) is 3.79. The third-order valence-electron chi connectivity index (χ3n) is 1.64. The fourth-order valence-corrected chi connectivity index (χ4v) is 1.21. The molecule has 8 heavy (non-hydrogen) atoms. The van der Waals surface area contributed by atoms with Crippen LogP contribution in [0.25, 0.3) is 0 Å². The number of hydrogen-bond acceptors (Lipinski definition) is 0. The Hall–Kier alpha value is -0.260. The minimum absolute atomic E-state index is 1.32. The average molecular weight is 109 g/mol. The van der Waals surface area contributed by atoms with Crippen molar-refractivity contribution in [2.24, 2.45) is 0 Å². The molecule has 0 N–H and O–H groups in total. The van der Waals surface area contributed by atoms with E-state index in [1.54, 1.807) is 11.5 Å². The summed E-state index contributed by atoms with van der Waals surface area (Å²) in [5.74, 6) is 1.55. The van der Waals surface area contributed by atoms with Crippen molar-refractivity contribution >= 4 is 0 Å². The van der Waals surface area contributed by atoms with E-state index in [1.807, 2.05) is 0 Å². The van der Waals surface area contributed by atoms with Crippen LogP contribution in [0.5, 0.6) is 0 Å². The highest BCUT2D eigenvalue weighted by Gasteiger charge is 2.04. The molecule has 1 radical (unpaired) electrons.